The first kappa shape index (κ1) is 20.9. The van der Waals surface area contributed by atoms with E-state index in [9.17, 15) is 19.7 Å². The number of carbonyl (C=O) groups is 2. The van der Waals surface area contributed by atoms with E-state index >= 15 is 0 Å². The van der Waals surface area contributed by atoms with Gasteiger partial charge in [-0.1, -0.05) is 0 Å². The van der Waals surface area contributed by atoms with Crippen molar-refractivity contribution < 1.29 is 24.0 Å². The topological polar surface area (TPSA) is 159 Å². The van der Waals surface area contributed by atoms with Gasteiger partial charge in [-0.3, -0.25) is 0 Å². The molecule has 0 aliphatic carbocycles. The summed E-state index contributed by atoms with van der Waals surface area (Å²) in [6, 6.07) is 1.14. The zero-order valence-electron chi connectivity index (χ0n) is 15.1. The van der Waals surface area contributed by atoms with Gasteiger partial charge in [-0.2, -0.15) is 0 Å². The van der Waals surface area contributed by atoms with Gasteiger partial charge in [0, 0.05) is 13.1 Å². The summed E-state index contributed by atoms with van der Waals surface area (Å²) in [6.45, 7) is 5.93. The molecule has 0 saturated carbocycles. The highest BCUT2D eigenvalue weighted by Crippen LogP contribution is 2.25. The van der Waals surface area contributed by atoms with E-state index in [-0.39, 0.29) is 17.1 Å². The van der Waals surface area contributed by atoms with Crippen LogP contribution in [0.1, 0.15) is 37.6 Å². The molecule has 1 heterocycles. The number of anilines is 2. The molecule has 4 N–H and O–H groups in total. The summed E-state index contributed by atoms with van der Waals surface area (Å²) in [5, 5.41) is 16.5. The van der Waals surface area contributed by atoms with Gasteiger partial charge in [0.25, 0.3) is 5.82 Å². The van der Waals surface area contributed by atoms with Crippen molar-refractivity contribution in [2.75, 3.05) is 31.2 Å². The summed E-state index contributed by atoms with van der Waals surface area (Å²) in [6.07, 6.45) is -0.0411. The number of amides is 1. The molecule has 0 aliphatic heterocycles. The number of methoxy groups -OCH3 is 1. The molecule has 26 heavy (non-hydrogen) atoms. The molecule has 0 atom stereocenters. The van der Waals surface area contributed by atoms with Gasteiger partial charge in [-0.25, -0.2) is 9.59 Å². The number of hydrogen-bond acceptors (Lipinski definition) is 9. The Morgan fingerprint density at radius 3 is 2.54 bits per heavy atom. The largest absolute Gasteiger partial charge is 0.465 e. The Hall–Kier alpha value is -3.11. The zero-order valence-corrected chi connectivity index (χ0v) is 15.1. The number of alkyl carbamates (subject to hydrolysis) is 1. The first-order valence-electron chi connectivity index (χ1n) is 7.79. The number of carbonyl (C=O) groups excluding carboxylic acids is 2. The maximum absolute atomic E-state index is 11.6. The number of nitrogen functional groups attached to an aromatic ring is 1. The summed E-state index contributed by atoms with van der Waals surface area (Å²) in [5.41, 5.74) is 4.93. The Morgan fingerprint density at radius 2 is 2.00 bits per heavy atom. The third-order valence-electron chi connectivity index (χ3n) is 2.92. The van der Waals surface area contributed by atoms with Crippen LogP contribution in [-0.4, -0.2) is 47.8 Å². The third kappa shape index (κ3) is 6.42. The van der Waals surface area contributed by atoms with Gasteiger partial charge >= 0.3 is 17.9 Å². The number of rotatable bonds is 7. The number of ether oxygens (including phenoxy) is 2. The quantitative estimate of drug-likeness (QED) is 0.281. The standard InChI is InChI=1S/C15H23N5O6/c1-15(2,3)26-14(22)18-7-5-6-17-11-10(16)8-9(13(21)25-4)12(19-11)20(23)24/h8H,5-7,16H2,1-4H3,(H,17,19)(H,18,22). The smallest absolute Gasteiger partial charge is 0.407 e. The molecule has 1 aromatic heterocycles. The summed E-state index contributed by atoms with van der Waals surface area (Å²) < 4.78 is 9.57. The van der Waals surface area contributed by atoms with Crippen LogP contribution in [0.25, 0.3) is 0 Å². The molecule has 0 aromatic carbocycles. The molecule has 1 rings (SSSR count). The van der Waals surface area contributed by atoms with Crippen LogP contribution in [0, 0.1) is 10.1 Å². The lowest BCUT2D eigenvalue weighted by atomic mass is 10.2. The van der Waals surface area contributed by atoms with Crippen molar-refractivity contribution >= 4 is 29.4 Å². The van der Waals surface area contributed by atoms with Crippen molar-refractivity contribution in [1.29, 1.82) is 0 Å². The average molecular weight is 369 g/mol. The Balaban J connectivity index is 2.63. The molecular formula is C15H23N5O6. The van der Waals surface area contributed by atoms with E-state index in [1.165, 1.54) is 0 Å². The number of aromatic nitrogens is 1. The van der Waals surface area contributed by atoms with Crippen LogP contribution in [0.3, 0.4) is 0 Å². The van der Waals surface area contributed by atoms with Gasteiger partial charge in [0.15, 0.2) is 5.56 Å². The fourth-order valence-corrected chi connectivity index (χ4v) is 1.86. The predicted molar refractivity (Wildman–Crippen MR) is 94.0 cm³/mol. The molecule has 144 valence electrons. The molecule has 0 saturated heterocycles. The van der Waals surface area contributed by atoms with Crippen molar-refractivity contribution in [3.05, 3.63) is 21.7 Å². The highest BCUT2D eigenvalue weighted by molar-refractivity contribution is 5.95. The molecular weight excluding hydrogens is 346 g/mol. The van der Waals surface area contributed by atoms with Crippen LogP contribution in [0.2, 0.25) is 0 Å². The first-order valence-corrected chi connectivity index (χ1v) is 7.79. The van der Waals surface area contributed by atoms with E-state index in [2.05, 4.69) is 20.4 Å². The number of nitrogens with zero attached hydrogens (tertiary/aromatic N) is 2. The van der Waals surface area contributed by atoms with E-state index < -0.39 is 28.4 Å². The predicted octanol–water partition coefficient (Wildman–Crippen LogP) is 1.69. The monoisotopic (exact) mass is 369 g/mol. The number of pyridine rings is 1. The normalized spacial score (nSPS) is 10.8. The van der Waals surface area contributed by atoms with Crippen molar-refractivity contribution in [2.45, 2.75) is 32.8 Å². The highest BCUT2D eigenvalue weighted by atomic mass is 16.6. The lowest BCUT2D eigenvalue weighted by molar-refractivity contribution is -0.389. The van der Waals surface area contributed by atoms with Gasteiger partial charge in [-0.15, -0.1) is 0 Å². The number of nitrogens with one attached hydrogen (secondary N) is 2. The van der Waals surface area contributed by atoms with Crippen LogP contribution in [0.5, 0.6) is 0 Å². The Labute approximate surface area is 150 Å². The lowest BCUT2D eigenvalue weighted by Gasteiger charge is -2.19. The molecule has 0 aliphatic rings. The van der Waals surface area contributed by atoms with E-state index in [1.807, 2.05) is 0 Å². The molecule has 0 bridgehead atoms. The minimum Gasteiger partial charge on any atom is -0.465 e. The van der Waals surface area contributed by atoms with Crippen LogP contribution >= 0.6 is 0 Å². The molecule has 0 spiro atoms. The van der Waals surface area contributed by atoms with Gasteiger partial charge in [0.2, 0.25) is 0 Å². The highest BCUT2D eigenvalue weighted by Gasteiger charge is 2.26. The summed E-state index contributed by atoms with van der Waals surface area (Å²) in [4.78, 5) is 37.1. The summed E-state index contributed by atoms with van der Waals surface area (Å²) in [5.74, 6) is -1.48. The molecule has 1 aromatic rings. The van der Waals surface area contributed by atoms with Gasteiger partial charge in [0.05, 0.1) is 7.11 Å². The Bertz CT molecular complexity index is 686. The minimum atomic E-state index is -0.899. The molecule has 11 nitrogen and oxygen atoms in total. The van der Waals surface area contributed by atoms with Gasteiger partial charge in [-0.05, 0) is 43.2 Å². The van der Waals surface area contributed by atoms with E-state index in [4.69, 9.17) is 10.5 Å². The fourth-order valence-electron chi connectivity index (χ4n) is 1.86. The molecule has 0 fully saturated rings. The number of hydrogen-bond donors (Lipinski definition) is 3. The second-order valence-electron chi connectivity index (χ2n) is 6.26. The fraction of sp³-hybridized carbons (Fsp3) is 0.533. The first-order chi connectivity index (χ1) is 12.0. The number of nitro groups is 1. The van der Waals surface area contributed by atoms with Crippen LogP contribution in [-0.2, 0) is 9.47 Å². The van der Waals surface area contributed by atoms with E-state index in [1.54, 1.807) is 20.8 Å². The maximum Gasteiger partial charge on any atom is 0.407 e. The lowest BCUT2D eigenvalue weighted by Crippen LogP contribution is -2.33. The third-order valence-corrected chi connectivity index (χ3v) is 2.92. The average Bonchev–Trinajstić information content (AvgIpc) is 2.52. The summed E-state index contributed by atoms with van der Waals surface area (Å²) in [7, 11) is 1.10. The van der Waals surface area contributed by atoms with Crippen molar-refractivity contribution in [3.8, 4) is 0 Å². The number of esters is 1. The second kappa shape index (κ2) is 8.83. The molecule has 0 unspecified atom stereocenters. The van der Waals surface area contributed by atoms with E-state index in [0.29, 0.717) is 19.5 Å². The molecule has 11 heteroatoms. The van der Waals surface area contributed by atoms with Crippen LogP contribution in [0.4, 0.5) is 22.1 Å². The molecule has 0 radical (unpaired) electrons. The van der Waals surface area contributed by atoms with Crippen molar-refractivity contribution in [2.24, 2.45) is 0 Å². The van der Waals surface area contributed by atoms with E-state index in [0.717, 1.165) is 13.2 Å². The maximum atomic E-state index is 11.6. The van der Waals surface area contributed by atoms with Gasteiger partial charge < -0.3 is 36.0 Å². The Kier molecular flexibility index (Phi) is 7.11. The van der Waals surface area contributed by atoms with Crippen molar-refractivity contribution in [1.82, 2.24) is 10.3 Å². The molecule has 1 amide bonds. The number of nitrogens with two attached hydrogens (primary N) is 1. The van der Waals surface area contributed by atoms with Crippen molar-refractivity contribution in [3.63, 3.8) is 0 Å². The second-order valence-corrected chi connectivity index (χ2v) is 6.26. The summed E-state index contributed by atoms with van der Waals surface area (Å²) >= 11 is 0. The minimum absolute atomic E-state index is 0.0658. The van der Waals surface area contributed by atoms with Gasteiger partial charge in [0.1, 0.15) is 11.3 Å². The Morgan fingerprint density at radius 1 is 1.35 bits per heavy atom. The van der Waals surface area contributed by atoms with Crippen LogP contribution < -0.4 is 16.4 Å². The SMILES string of the molecule is COC(=O)c1cc(N)c(NCCCNC(=O)OC(C)(C)C)nc1[N+](=O)[O-]. The van der Waals surface area contributed by atoms with Crippen LogP contribution in [0.15, 0.2) is 6.07 Å². The zero-order chi connectivity index (χ0) is 19.9.